The van der Waals surface area contributed by atoms with Gasteiger partial charge < -0.3 is 37.3 Å². The molecular weight excluding hydrogens is 1320 g/mol. The third kappa shape index (κ3) is 13.1. The van der Waals surface area contributed by atoms with E-state index in [2.05, 4.69) is 146 Å². The van der Waals surface area contributed by atoms with Crippen molar-refractivity contribution in [3.63, 3.8) is 0 Å². The zero-order chi connectivity index (χ0) is 70.0. The lowest BCUT2D eigenvalue weighted by atomic mass is 9.85. The van der Waals surface area contributed by atoms with Crippen molar-refractivity contribution in [2.45, 2.75) is 66.5 Å². The average Bonchev–Trinajstić information content (AvgIpc) is 1.43. The molecule has 14 aromatic rings. The van der Waals surface area contributed by atoms with Crippen LogP contribution >= 0.6 is 7.26 Å². The number of carbonyl (C=O) groups is 6. The number of benzene rings is 14. The van der Waals surface area contributed by atoms with Crippen molar-refractivity contribution in [3.8, 4) is 0 Å². The number of nitrogens with zero attached hydrogens (tertiary/aromatic N) is 2. The number of ether oxygens (including phenoxy) is 2. The number of hydrogen-bond donors (Lipinski definition) is 2. The highest BCUT2D eigenvalue weighted by Gasteiger charge is 2.44. The summed E-state index contributed by atoms with van der Waals surface area (Å²) in [5.41, 5.74) is 8.80. The molecule has 3 aliphatic rings. The Labute approximate surface area is 589 Å². The van der Waals surface area contributed by atoms with Crippen LogP contribution in [0.5, 0.6) is 0 Å². The number of imide groups is 2. The lowest BCUT2D eigenvalue weighted by Crippen LogP contribution is -3.00. The lowest BCUT2D eigenvalue weighted by Gasteiger charge is -2.28. The molecule has 1 atom stereocenters. The molecule has 0 bridgehead atoms. The van der Waals surface area contributed by atoms with Crippen LogP contribution in [-0.4, -0.2) is 89.0 Å². The number of aliphatic carboxylic acids is 1. The Morgan fingerprint density at radius 1 is 0.515 bits per heavy atom. The Bertz CT molecular complexity index is 5020. The van der Waals surface area contributed by atoms with Gasteiger partial charge in [0.2, 0.25) is 0 Å². The fraction of sp³-hybridized carbons (Fsp3) is 0.176. The monoisotopic (exact) mass is 1400 g/mol. The number of halogens is 1. The summed E-state index contributed by atoms with van der Waals surface area (Å²) in [7, 11) is -0.428. The predicted octanol–water partition coefficient (Wildman–Crippen LogP) is 14.1. The van der Waals surface area contributed by atoms with Crippen LogP contribution in [0.2, 0.25) is 0 Å². The van der Waals surface area contributed by atoms with Gasteiger partial charge in [0.05, 0.1) is 25.1 Å². The molecule has 14 heteroatoms. The Hall–Kier alpha value is -10.3. The van der Waals surface area contributed by atoms with Crippen molar-refractivity contribution in [3.05, 3.63) is 270 Å². The molecule has 0 radical (unpaired) electrons. The number of esters is 1. The highest BCUT2D eigenvalue weighted by Crippen LogP contribution is 2.55. The molecular formula is C85H77BrN3O9P. The number of hydrogen-bond acceptors (Lipinski definition) is 9. The van der Waals surface area contributed by atoms with Gasteiger partial charge in [0.1, 0.15) is 29.8 Å². The number of rotatable bonds is 13. The van der Waals surface area contributed by atoms with E-state index < -0.39 is 31.0 Å². The van der Waals surface area contributed by atoms with Crippen LogP contribution < -0.4 is 38.6 Å². The summed E-state index contributed by atoms with van der Waals surface area (Å²) in [5.74, 6) is -3.13. The van der Waals surface area contributed by atoms with Crippen molar-refractivity contribution in [2.75, 3.05) is 32.4 Å². The van der Waals surface area contributed by atoms with Crippen molar-refractivity contribution in [1.29, 1.82) is 0 Å². The molecule has 0 saturated carbocycles. The van der Waals surface area contributed by atoms with Gasteiger partial charge in [0.15, 0.2) is 0 Å². The summed E-state index contributed by atoms with van der Waals surface area (Å²) in [5, 5.41) is 29.5. The standard InChI is InChI=1S/C32H21NO4.C25H15NO4.C20H21NP.C5H10O.C2H6.CH4.BrH/c34-27(37-18-19-6-2-1-3-7-19)16-17-33-31(35)25-14-12-23-21-10-4-8-20-9-5-11-22(28(20)21)24-13-15-26(32(33)36)30(25)29(23)24;27-20(28)11-12-26-24(29)18-9-7-16-14-5-1-3-13-4-2-6-15(21(13)14)17-8-10-19(25(26)30)23(18)22(16)17;21-16-17-22(18-10-4-1-5-11-18,19-12-6-2-7-13-19)20-14-8-3-9-15-20;1-5-3-2-4-6-5;1-2;;/h1-15H,16-18H2;1-10H,11-12H2,(H,27,28);1-15H,16-17,21H2;5H,2-4H2,1H3;1-2H3;1H4;1H/q;;+1;;;;/p-1/i;;;;1D;1T;. The van der Waals surface area contributed by atoms with Crippen LogP contribution in [0.15, 0.2) is 243 Å². The molecule has 12 nitrogen and oxygen atoms in total. The van der Waals surface area contributed by atoms with Gasteiger partial charge in [-0.3, -0.25) is 38.6 Å². The van der Waals surface area contributed by atoms with Gasteiger partial charge in [-0.15, -0.1) is 0 Å². The van der Waals surface area contributed by atoms with Crippen LogP contribution in [0.1, 0.15) is 104 Å². The Kier molecular flexibility index (Phi) is 20.8. The van der Waals surface area contributed by atoms with E-state index in [4.69, 9.17) is 23.1 Å². The molecule has 0 aromatic heterocycles. The van der Waals surface area contributed by atoms with Gasteiger partial charge in [-0.25, -0.2) is 0 Å². The second-order valence-corrected chi connectivity index (χ2v) is 27.9. The maximum absolute atomic E-state index is 13.5. The largest absolute Gasteiger partial charge is 1.00 e. The third-order valence-electron chi connectivity index (χ3n) is 18.7. The van der Waals surface area contributed by atoms with Crippen molar-refractivity contribution < 1.29 is 63.1 Å². The topological polar surface area (TPSA) is 174 Å². The van der Waals surface area contributed by atoms with Crippen molar-refractivity contribution >= 4 is 145 Å². The fourth-order valence-electron chi connectivity index (χ4n) is 14.4. The molecule has 17 rings (SSSR count). The summed E-state index contributed by atoms with van der Waals surface area (Å²) in [6.07, 6.45) is 3.73. The number of nitrogens with two attached hydrogens (primary N) is 1. The second kappa shape index (κ2) is 30.7. The van der Waals surface area contributed by atoms with Gasteiger partial charge in [-0.2, -0.15) is 0 Å². The SMILES string of the molecule is CC1CCCO1.NCC[P+](c1ccccc1)(c1ccccc1)c1ccccc1.O=C(CCN1C(=O)c2ccc3c4cccc5cccc(c6ccc(c2c36)C1=O)c54)OCc1ccccc1.O=C(O)CCN1C(=O)c2ccc3c4cccc5cccc(c6ccc(c2c36)C1=O)c54.[2H]CC.[3H]C.[Br-]. The van der Waals surface area contributed by atoms with E-state index in [0.29, 0.717) is 52.6 Å². The van der Waals surface area contributed by atoms with E-state index in [-0.39, 0.29) is 61.3 Å². The number of carbonyl (C=O) groups excluding carboxylic acids is 5. The molecule has 99 heavy (non-hydrogen) atoms. The Balaban J connectivity index is 0.000000145. The Morgan fingerprint density at radius 2 is 0.859 bits per heavy atom. The van der Waals surface area contributed by atoms with Crippen LogP contribution in [0.3, 0.4) is 0 Å². The zero-order valence-electron chi connectivity index (χ0n) is 57.5. The Morgan fingerprint density at radius 3 is 1.17 bits per heavy atom. The first-order valence-electron chi connectivity index (χ1n) is 34.6. The minimum atomic E-state index is -1.68. The van der Waals surface area contributed by atoms with Crippen LogP contribution in [0.25, 0.3) is 86.2 Å². The van der Waals surface area contributed by atoms with E-state index in [9.17, 15) is 28.8 Å². The zero-order valence-corrected chi connectivity index (χ0v) is 57.9. The number of amides is 4. The molecule has 498 valence electrons. The molecule has 0 aliphatic carbocycles. The molecule has 3 N–H and O–H groups in total. The van der Waals surface area contributed by atoms with E-state index in [0.717, 1.165) is 87.9 Å². The van der Waals surface area contributed by atoms with E-state index in [1.807, 2.05) is 91.0 Å². The fourth-order valence-corrected chi connectivity index (χ4v) is 18.5. The maximum atomic E-state index is 13.5. The van der Waals surface area contributed by atoms with Gasteiger partial charge in [0.25, 0.3) is 23.6 Å². The summed E-state index contributed by atoms with van der Waals surface area (Å²) in [4.78, 5) is 78.8. The number of fused-ring (bicyclic) bond motifs is 4. The minimum absolute atomic E-state index is 0. The van der Waals surface area contributed by atoms with Gasteiger partial charge >= 0.3 is 11.9 Å². The first kappa shape index (κ1) is 67.3. The highest BCUT2D eigenvalue weighted by molar-refractivity contribution is 7.95. The lowest BCUT2D eigenvalue weighted by molar-refractivity contribution is -0.145. The summed E-state index contributed by atoms with van der Waals surface area (Å²) in [6, 6.07) is 81.8. The van der Waals surface area contributed by atoms with Crippen molar-refractivity contribution in [2.24, 2.45) is 5.73 Å². The third-order valence-corrected chi connectivity index (χ3v) is 23.2. The molecule has 1 unspecified atom stereocenters. The van der Waals surface area contributed by atoms with E-state index in [1.54, 1.807) is 19.1 Å². The molecule has 4 amide bonds. The minimum Gasteiger partial charge on any atom is -1.00 e. The van der Waals surface area contributed by atoms with Gasteiger partial charge in [-0.1, -0.05) is 203 Å². The summed E-state index contributed by atoms with van der Waals surface area (Å²) >= 11 is 0. The first-order valence-corrected chi connectivity index (χ1v) is 34.9. The summed E-state index contributed by atoms with van der Waals surface area (Å²) < 4.78 is 22.5. The van der Waals surface area contributed by atoms with Gasteiger partial charge in [0, 0.05) is 62.0 Å². The van der Waals surface area contributed by atoms with Crippen LogP contribution in [0, 0.1) is 0 Å². The maximum Gasteiger partial charge on any atom is 0.307 e. The molecule has 3 heterocycles. The average molecular weight is 1400 g/mol. The molecule has 1 saturated heterocycles. The van der Waals surface area contributed by atoms with E-state index >= 15 is 0 Å². The quantitative estimate of drug-likeness (QED) is 0.0372. The smallest absolute Gasteiger partial charge is 0.307 e. The van der Waals surface area contributed by atoms with Crippen molar-refractivity contribution in [1.82, 2.24) is 9.80 Å². The van der Waals surface area contributed by atoms with Crippen LogP contribution in [0.4, 0.5) is 0 Å². The molecule has 0 spiro atoms. The van der Waals surface area contributed by atoms with Gasteiger partial charge in [-0.05, 0) is 161 Å². The second-order valence-electron chi connectivity index (χ2n) is 24.3. The molecule has 14 aromatic carbocycles. The molecule has 3 aliphatic heterocycles. The van der Waals surface area contributed by atoms with Crippen LogP contribution in [-0.2, 0) is 25.7 Å². The number of carboxylic acid groups (broad SMARTS) is 1. The van der Waals surface area contributed by atoms with E-state index in [1.165, 1.54) is 51.8 Å². The molecule has 1 fully saturated rings. The predicted molar refractivity (Wildman–Crippen MR) is 401 cm³/mol. The number of carboxylic acids is 1. The normalized spacial score (nSPS) is 14.1. The summed E-state index contributed by atoms with van der Waals surface area (Å²) in [6.45, 7) is 6.07. The first-order chi connectivity index (χ1) is 48.9. The highest BCUT2D eigenvalue weighted by atomic mass is 79.9.